The van der Waals surface area contributed by atoms with E-state index in [9.17, 15) is 0 Å². The van der Waals surface area contributed by atoms with E-state index in [-0.39, 0.29) is 0 Å². The van der Waals surface area contributed by atoms with Crippen LogP contribution in [0, 0.1) is 12.8 Å². The lowest BCUT2D eigenvalue weighted by Crippen LogP contribution is -2.37. The monoisotopic (exact) mass is 262 g/mol. The number of likely N-dealkylation sites (tertiary alicyclic amines) is 1. The third-order valence-corrected chi connectivity index (χ3v) is 4.00. The fourth-order valence-corrected chi connectivity index (χ4v) is 2.73. The third-order valence-electron chi connectivity index (χ3n) is 4.00. The lowest BCUT2D eigenvalue weighted by Gasteiger charge is -2.31. The first-order valence-corrected chi connectivity index (χ1v) is 7.30. The first kappa shape index (κ1) is 14.4. The molecular weight excluding hydrogens is 236 g/mol. The number of rotatable bonds is 6. The van der Waals surface area contributed by atoms with Crippen molar-refractivity contribution in [2.24, 2.45) is 5.92 Å². The van der Waals surface area contributed by atoms with Crippen LogP contribution in [-0.2, 0) is 4.74 Å². The van der Waals surface area contributed by atoms with Crippen molar-refractivity contribution in [2.75, 3.05) is 45.2 Å². The minimum absolute atomic E-state index is 0.769. The minimum atomic E-state index is 0.769. The molecule has 1 aliphatic heterocycles. The number of anilines is 1. The van der Waals surface area contributed by atoms with Crippen molar-refractivity contribution in [3.05, 3.63) is 29.8 Å². The van der Waals surface area contributed by atoms with Crippen LogP contribution in [0.15, 0.2) is 24.3 Å². The van der Waals surface area contributed by atoms with E-state index in [1.54, 1.807) is 7.11 Å². The van der Waals surface area contributed by atoms with Crippen LogP contribution < -0.4 is 5.32 Å². The largest absolute Gasteiger partial charge is 0.384 e. The number of aryl methyl sites for hydroxylation is 1. The maximum absolute atomic E-state index is 5.24. The van der Waals surface area contributed by atoms with Crippen LogP contribution >= 0.6 is 0 Å². The zero-order chi connectivity index (χ0) is 13.5. The van der Waals surface area contributed by atoms with E-state index in [2.05, 4.69) is 41.4 Å². The van der Waals surface area contributed by atoms with E-state index in [1.165, 1.54) is 37.2 Å². The van der Waals surface area contributed by atoms with E-state index in [4.69, 9.17) is 4.74 Å². The molecule has 0 unspecified atom stereocenters. The van der Waals surface area contributed by atoms with Gasteiger partial charge in [0.15, 0.2) is 0 Å². The number of hydrogen-bond acceptors (Lipinski definition) is 3. The van der Waals surface area contributed by atoms with Crippen LogP contribution in [-0.4, -0.2) is 44.8 Å². The first-order chi connectivity index (χ1) is 9.29. The van der Waals surface area contributed by atoms with Gasteiger partial charge in [0.25, 0.3) is 0 Å². The highest BCUT2D eigenvalue weighted by Gasteiger charge is 2.18. The van der Waals surface area contributed by atoms with Gasteiger partial charge in [-0.2, -0.15) is 0 Å². The molecule has 1 heterocycles. The highest BCUT2D eigenvalue weighted by atomic mass is 16.5. The number of hydrogen-bond donors (Lipinski definition) is 1. The second-order valence-electron chi connectivity index (χ2n) is 5.48. The third kappa shape index (κ3) is 4.51. The zero-order valence-electron chi connectivity index (χ0n) is 12.2. The molecule has 106 valence electrons. The van der Waals surface area contributed by atoms with Crippen LogP contribution in [0.2, 0.25) is 0 Å². The minimum Gasteiger partial charge on any atom is -0.384 e. The molecule has 1 N–H and O–H groups in total. The van der Waals surface area contributed by atoms with Gasteiger partial charge in [-0.05, 0) is 50.4 Å². The number of para-hydroxylation sites is 1. The zero-order valence-corrected chi connectivity index (χ0v) is 12.2. The summed E-state index contributed by atoms with van der Waals surface area (Å²) in [7, 11) is 1.80. The molecule has 1 saturated heterocycles. The lowest BCUT2D eigenvalue weighted by atomic mass is 9.98. The molecule has 0 spiro atoms. The summed E-state index contributed by atoms with van der Waals surface area (Å²) in [5, 5.41) is 3.53. The Kier molecular flexibility index (Phi) is 5.67. The second-order valence-corrected chi connectivity index (χ2v) is 5.48. The lowest BCUT2D eigenvalue weighted by molar-refractivity contribution is 0.101. The van der Waals surface area contributed by atoms with Crippen molar-refractivity contribution < 1.29 is 4.74 Å². The SMILES string of the molecule is COCC1CCN(CCNc2ccccc2C)CC1. The highest BCUT2D eigenvalue weighted by Crippen LogP contribution is 2.17. The van der Waals surface area contributed by atoms with Crippen LogP contribution in [0.4, 0.5) is 5.69 Å². The van der Waals surface area contributed by atoms with E-state index in [1.807, 2.05) is 0 Å². The summed E-state index contributed by atoms with van der Waals surface area (Å²) >= 11 is 0. The summed E-state index contributed by atoms with van der Waals surface area (Å²) in [4.78, 5) is 2.55. The van der Waals surface area contributed by atoms with Crippen LogP contribution in [0.5, 0.6) is 0 Å². The van der Waals surface area contributed by atoms with Gasteiger partial charge >= 0.3 is 0 Å². The van der Waals surface area contributed by atoms with E-state index < -0.39 is 0 Å². The van der Waals surface area contributed by atoms with Crippen molar-refractivity contribution in [2.45, 2.75) is 19.8 Å². The highest BCUT2D eigenvalue weighted by molar-refractivity contribution is 5.50. The molecule has 1 aliphatic rings. The fraction of sp³-hybridized carbons (Fsp3) is 0.625. The van der Waals surface area contributed by atoms with Gasteiger partial charge < -0.3 is 15.0 Å². The Labute approximate surface area is 116 Å². The Morgan fingerprint density at radius 1 is 1.26 bits per heavy atom. The molecule has 1 fully saturated rings. The normalized spacial score (nSPS) is 17.6. The number of methoxy groups -OCH3 is 1. The molecule has 19 heavy (non-hydrogen) atoms. The van der Waals surface area contributed by atoms with Crippen molar-refractivity contribution in [3.8, 4) is 0 Å². The van der Waals surface area contributed by atoms with Gasteiger partial charge in [0.05, 0.1) is 0 Å². The number of benzene rings is 1. The summed E-state index contributed by atoms with van der Waals surface area (Å²) < 4.78 is 5.24. The Bertz CT molecular complexity index is 373. The maximum atomic E-state index is 5.24. The van der Waals surface area contributed by atoms with Gasteiger partial charge in [-0.1, -0.05) is 18.2 Å². The predicted octanol–water partition coefficient (Wildman–Crippen LogP) is 2.77. The van der Waals surface area contributed by atoms with Gasteiger partial charge in [0.2, 0.25) is 0 Å². The molecule has 1 aromatic carbocycles. The molecule has 0 atom stereocenters. The molecular formula is C16H26N2O. The average molecular weight is 262 g/mol. The van der Waals surface area contributed by atoms with E-state index >= 15 is 0 Å². The molecule has 2 rings (SSSR count). The average Bonchev–Trinajstić information content (AvgIpc) is 2.43. The van der Waals surface area contributed by atoms with Gasteiger partial charge in [-0.15, -0.1) is 0 Å². The molecule has 0 saturated carbocycles. The Morgan fingerprint density at radius 2 is 2.00 bits per heavy atom. The summed E-state index contributed by atoms with van der Waals surface area (Å²) in [5.41, 5.74) is 2.58. The van der Waals surface area contributed by atoms with Crippen molar-refractivity contribution in [1.82, 2.24) is 4.90 Å². The summed E-state index contributed by atoms with van der Waals surface area (Å²) in [5.74, 6) is 0.769. The van der Waals surface area contributed by atoms with Crippen LogP contribution in [0.1, 0.15) is 18.4 Å². The number of nitrogens with zero attached hydrogens (tertiary/aromatic N) is 1. The molecule has 3 nitrogen and oxygen atoms in total. The molecule has 0 radical (unpaired) electrons. The first-order valence-electron chi connectivity index (χ1n) is 7.30. The standard InChI is InChI=1S/C16H26N2O/c1-14-5-3-4-6-16(14)17-9-12-18-10-7-15(8-11-18)13-19-2/h3-6,15,17H,7-13H2,1-2H3. The summed E-state index contributed by atoms with van der Waals surface area (Å²) in [6.07, 6.45) is 2.55. The molecule has 0 bridgehead atoms. The van der Waals surface area contributed by atoms with Gasteiger partial charge in [-0.3, -0.25) is 0 Å². The molecule has 1 aromatic rings. The fourth-order valence-electron chi connectivity index (χ4n) is 2.73. The Morgan fingerprint density at radius 3 is 2.68 bits per heavy atom. The summed E-state index contributed by atoms with van der Waals surface area (Å²) in [6, 6.07) is 8.48. The van der Waals surface area contributed by atoms with E-state index in [0.29, 0.717) is 0 Å². The molecule has 0 aromatic heterocycles. The second kappa shape index (κ2) is 7.51. The predicted molar refractivity (Wildman–Crippen MR) is 80.7 cm³/mol. The van der Waals surface area contributed by atoms with Gasteiger partial charge in [0.1, 0.15) is 0 Å². The van der Waals surface area contributed by atoms with E-state index in [0.717, 1.165) is 25.6 Å². The van der Waals surface area contributed by atoms with Crippen LogP contribution in [0.3, 0.4) is 0 Å². The van der Waals surface area contributed by atoms with Crippen molar-refractivity contribution in [3.63, 3.8) is 0 Å². The van der Waals surface area contributed by atoms with Crippen LogP contribution in [0.25, 0.3) is 0 Å². The number of ether oxygens (including phenoxy) is 1. The smallest absolute Gasteiger partial charge is 0.0491 e. The topological polar surface area (TPSA) is 24.5 Å². The molecule has 3 heteroatoms. The van der Waals surface area contributed by atoms with Gasteiger partial charge in [0, 0.05) is 32.5 Å². The van der Waals surface area contributed by atoms with Crippen molar-refractivity contribution in [1.29, 1.82) is 0 Å². The maximum Gasteiger partial charge on any atom is 0.0491 e. The number of piperidine rings is 1. The molecule has 0 aliphatic carbocycles. The van der Waals surface area contributed by atoms with Gasteiger partial charge in [-0.25, -0.2) is 0 Å². The number of nitrogens with one attached hydrogen (secondary N) is 1. The Hall–Kier alpha value is -1.06. The Balaban J connectivity index is 1.66. The van der Waals surface area contributed by atoms with Crippen molar-refractivity contribution >= 4 is 5.69 Å². The molecule has 0 amide bonds. The summed E-state index contributed by atoms with van der Waals surface area (Å²) in [6.45, 7) is 7.66. The quantitative estimate of drug-likeness (QED) is 0.853.